The molecule has 1 fully saturated rings. The smallest absolute Gasteiger partial charge is 0.215 e. The summed E-state index contributed by atoms with van der Waals surface area (Å²) in [5.41, 5.74) is 0. The molecule has 0 amide bonds. The minimum atomic E-state index is -3.14. The van der Waals surface area contributed by atoms with Crippen molar-refractivity contribution in [1.29, 1.82) is 0 Å². The molecule has 108 valence electrons. The lowest BCUT2D eigenvalue weighted by molar-refractivity contribution is 0.475. The van der Waals surface area contributed by atoms with Crippen LogP contribution in [0, 0.1) is 0 Å². The van der Waals surface area contributed by atoms with Gasteiger partial charge < -0.3 is 5.32 Å². The number of rotatable bonds is 8. The van der Waals surface area contributed by atoms with Crippen molar-refractivity contribution in [2.24, 2.45) is 0 Å². The van der Waals surface area contributed by atoms with Crippen molar-refractivity contribution < 1.29 is 8.42 Å². The molecular formula is C13H28N2O2S. The zero-order valence-electron chi connectivity index (χ0n) is 11.7. The monoisotopic (exact) mass is 276 g/mol. The number of hydrogen-bond donors (Lipinski definition) is 2. The third kappa shape index (κ3) is 5.67. The Morgan fingerprint density at radius 3 is 2.72 bits per heavy atom. The van der Waals surface area contributed by atoms with Gasteiger partial charge in [-0.2, -0.15) is 0 Å². The molecule has 0 aliphatic carbocycles. The minimum Gasteiger partial charge on any atom is -0.315 e. The lowest BCUT2D eigenvalue weighted by Crippen LogP contribution is -2.46. The molecule has 2 N–H and O–H groups in total. The molecular weight excluding hydrogens is 248 g/mol. The highest BCUT2D eigenvalue weighted by Gasteiger charge is 2.27. The van der Waals surface area contributed by atoms with Gasteiger partial charge in [0, 0.05) is 12.6 Å². The Morgan fingerprint density at radius 2 is 2.11 bits per heavy atom. The maximum Gasteiger partial charge on any atom is 0.215 e. The molecule has 0 aromatic rings. The highest BCUT2D eigenvalue weighted by Crippen LogP contribution is 2.12. The van der Waals surface area contributed by atoms with Crippen molar-refractivity contribution in [2.75, 3.05) is 13.1 Å². The third-order valence-corrected chi connectivity index (χ3v) is 5.56. The second-order valence-electron chi connectivity index (χ2n) is 5.38. The van der Waals surface area contributed by atoms with E-state index in [2.05, 4.69) is 17.0 Å². The van der Waals surface area contributed by atoms with E-state index in [4.69, 9.17) is 0 Å². The van der Waals surface area contributed by atoms with Crippen LogP contribution in [-0.4, -0.2) is 32.8 Å². The predicted molar refractivity (Wildman–Crippen MR) is 76.2 cm³/mol. The van der Waals surface area contributed by atoms with Crippen LogP contribution in [0.3, 0.4) is 0 Å². The van der Waals surface area contributed by atoms with E-state index in [-0.39, 0.29) is 11.3 Å². The summed E-state index contributed by atoms with van der Waals surface area (Å²) >= 11 is 0. The van der Waals surface area contributed by atoms with Crippen molar-refractivity contribution in [2.45, 2.75) is 70.1 Å². The summed E-state index contributed by atoms with van der Waals surface area (Å²) in [6.07, 6.45) is 7.45. The van der Waals surface area contributed by atoms with Crippen molar-refractivity contribution in [3.8, 4) is 0 Å². The van der Waals surface area contributed by atoms with Gasteiger partial charge in [0.15, 0.2) is 0 Å². The molecule has 0 radical (unpaired) electrons. The second kappa shape index (κ2) is 8.12. The molecule has 1 rings (SSSR count). The van der Waals surface area contributed by atoms with Gasteiger partial charge in [-0.05, 0) is 32.7 Å². The SMILES string of the molecule is CCCCCCC(C)NS(=O)(=O)C1CCCNC1. The largest absolute Gasteiger partial charge is 0.315 e. The van der Waals surface area contributed by atoms with Gasteiger partial charge in [0.25, 0.3) is 0 Å². The fourth-order valence-electron chi connectivity index (χ4n) is 2.40. The molecule has 1 heterocycles. The van der Waals surface area contributed by atoms with E-state index in [1.54, 1.807) is 0 Å². The van der Waals surface area contributed by atoms with Gasteiger partial charge in [-0.3, -0.25) is 0 Å². The van der Waals surface area contributed by atoms with Crippen LogP contribution in [0.1, 0.15) is 58.8 Å². The number of sulfonamides is 1. The molecule has 5 heteroatoms. The van der Waals surface area contributed by atoms with Crippen LogP contribution in [0.2, 0.25) is 0 Å². The number of nitrogens with one attached hydrogen (secondary N) is 2. The van der Waals surface area contributed by atoms with E-state index in [0.717, 1.165) is 32.2 Å². The van der Waals surface area contributed by atoms with Gasteiger partial charge in [0.1, 0.15) is 0 Å². The minimum absolute atomic E-state index is 0.0637. The molecule has 0 spiro atoms. The molecule has 18 heavy (non-hydrogen) atoms. The molecule has 2 atom stereocenters. The van der Waals surface area contributed by atoms with Gasteiger partial charge in [-0.1, -0.05) is 32.6 Å². The molecule has 4 nitrogen and oxygen atoms in total. The van der Waals surface area contributed by atoms with Crippen LogP contribution in [0.4, 0.5) is 0 Å². The standard InChI is InChI=1S/C13H28N2O2S/c1-3-4-5-6-8-12(2)15-18(16,17)13-9-7-10-14-11-13/h12-15H,3-11H2,1-2H3. The average molecular weight is 276 g/mol. The van der Waals surface area contributed by atoms with Crippen molar-refractivity contribution in [3.63, 3.8) is 0 Å². The first-order chi connectivity index (χ1) is 8.56. The number of unbranched alkanes of at least 4 members (excludes halogenated alkanes) is 3. The third-order valence-electron chi connectivity index (χ3n) is 3.55. The number of hydrogen-bond acceptors (Lipinski definition) is 3. The Kier molecular flexibility index (Phi) is 7.19. The van der Waals surface area contributed by atoms with Crippen LogP contribution in [0.5, 0.6) is 0 Å². The van der Waals surface area contributed by atoms with E-state index in [0.29, 0.717) is 6.54 Å². The van der Waals surface area contributed by atoms with Gasteiger partial charge in [0.05, 0.1) is 5.25 Å². The zero-order valence-corrected chi connectivity index (χ0v) is 12.6. The van der Waals surface area contributed by atoms with Gasteiger partial charge >= 0.3 is 0 Å². The van der Waals surface area contributed by atoms with E-state index >= 15 is 0 Å². The van der Waals surface area contributed by atoms with Crippen LogP contribution in [-0.2, 0) is 10.0 Å². The van der Waals surface area contributed by atoms with Crippen molar-refractivity contribution in [3.05, 3.63) is 0 Å². The summed E-state index contributed by atoms with van der Waals surface area (Å²) in [6, 6.07) is 0.0637. The van der Waals surface area contributed by atoms with Crippen LogP contribution >= 0.6 is 0 Å². The summed E-state index contributed by atoms with van der Waals surface area (Å²) in [5.74, 6) is 0. The van der Waals surface area contributed by atoms with E-state index in [9.17, 15) is 8.42 Å². The molecule has 1 aliphatic rings. The first-order valence-electron chi connectivity index (χ1n) is 7.28. The summed E-state index contributed by atoms with van der Waals surface area (Å²) in [6.45, 7) is 5.69. The molecule has 1 saturated heterocycles. The van der Waals surface area contributed by atoms with Crippen LogP contribution in [0.25, 0.3) is 0 Å². The van der Waals surface area contributed by atoms with Gasteiger partial charge in [-0.25, -0.2) is 13.1 Å². The highest BCUT2D eigenvalue weighted by molar-refractivity contribution is 7.90. The van der Waals surface area contributed by atoms with E-state index < -0.39 is 10.0 Å². The first kappa shape index (κ1) is 15.9. The molecule has 0 aromatic heterocycles. The molecule has 1 aliphatic heterocycles. The second-order valence-corrected chi connectivity index (χ2v) is 7.37. The highest BCUT2D eigenvalue weighted by atomic mass is 32.2. The zero-order chi connectivity index (χ0) is 13.4. The van der Waals surface area contributed by atoms with Gasteiger partial charge in [0.2, 0.25) is 10.0 Å². The maximum absolute atomic E-state index is 12.1. The molecule has 0 bridgehead atoms. The molecule has 2 unspecified atom stereocenters. The number of piperidine rings is 1. The summed E-state index contributed by atoms with van der Waals surface area (Å²) in [5, 5.41) is 2.91. The summed E-state index contributed by atoms with van der Waals surface area (Å²) < 4.78 is 27.1. The molecule has 0 saturated carbocycles. The van der Waals surface area contributed by atoms with Gasteiger partial charge in [-0.15, -0.1) is 0 Å². The Balaban J connectivity index is 2.30. The normalized spacial score (nSPS) is 22.9. The summed E-state index contributed by atoms with van der Waals surface area (Å²) in [7, 11) is -3.14. The molecule has 0 aromatic carbocycles. The lowest BCUT2D eigenvalue weighted by Gasteiger charge is -2.25. The Bertz CT molecular complexity index is 311. The topological polar surface area (TPSA) is 58.2 Å². The quantitative estimate of drug-likeness (QED) is 0.667. The van der Waals surface area contributed by atoms with E-state index in [1.807, 2.05) is 6.92 Å². The summed E-state index contributed by atoms with van der Waals surface area (Å²) in [4.78, 5) is 0. The van der Waals surface area contributed by atoms with Crippen molar-refractivity contribution in [1.82, 2.24) is 10.0 Å². The van der Waals surface area contributed by atoms with E-state index in [1.165, 1.54) is 19.3 Å². The fourth-order valence-corrected chi connectivity index (χ4v) is 4.08. The Hall–Kier alpha value is -0.130. The van der Waals surface area contributed by atoms with Crippen LogP contribution in [0.15, 0.2) is 0 Å². The predicted octanol–water partition coefficient (Wildman–Crippen LogP) is 2.02. The van der Waals surface area contributed by atoms with Crippen molar-refractivity contribution >= 4 is 10.0 Å². The van der Waals surface area contributed by atoms with Crippen LogP contribution < -0.4 is 10.0 Å². The fraction of sp³-hybridized carbons (Fsp3) is 1.00. The first-order valence-corrected chi connectivity index (χ1v) is 8.82. The Morgan fingerprint density at radius 1 is 1.33 bits per heavy atom. The lowest BCUT2D eigenvalue weighted by atomic mass is 10.1. The maximum atomic E-state index is 12.1. The Labute approximate surface area is 112 Å². The average Bonchev–Trinajstić information content (AvgIpc) is 2.35.